The molecule has 0 aliphatic heterocycles. The third kappa shape index (κ3) is 8.18. The largest absolute Gasteiger partial charge is 0.461 e. The van der Waals surface area contributed by atoms with Gasteiger partial charge >= 0.3 is 0 Å². The maximum Gasteiger partial charge on any atom is 0.139 e. The molecule has 7 rings (SSSR count). The summed E-state index contributed by atoms with van der Waals surface area (Å²) in [6.07, 6.45) is 0. The van der Waals surface area contributed by atoms with Crippen molar-refractivity contribution < 1.29 is 4.42 Å². The first-order valence-electron chi connectivity index (χ1n) is 17.0. The van der Waals surface area contributed by atoms with Gasteiger partial charge in [-0.25, -0.2) is 0 Å². The Labute approximate surface area is 294 Å². The van der Waals surface area contributed by atoms with Gasteiger partial charge < -0.3 is 4.42 Å². The molecule has 1 atom stereocenters. The van der Waals surface area contributed by atoms with Crippen LogP contribution in [0.15, 0.2) is 173 Å². The summed E-state index contributed by atoms with van der Waals surface area (Å²) in [7, 11) is 0. The van der Waals surface area contributed by atoms with E-state index in [2.05, 4.69) is 185 Å². The number of thiophene rings is 1. The number of furan rings is 1. The van der Waals surface area contributed by atoms with Crippen LogP contribution in [0.25, 0.3) is 11.3 Å². The summed E-state index contributed by atoms with van der Waals surface area (Å²) < 4.78 is 6.90. The van der Waals surface area contributed by atoms with E-state index in [1.54, 1.807) is 11.3 Å². The predicted octanol–water partition coefficient (Wildman–Crippen LogP) is 11.3. The van der Waals surface area contributed by atoms with Gasteiger partial charge in [0.2, 0.25) is 0 Å². The molecule has 0 radical (unpaired) electrons. The molecule has 4 heteroatoms. The number of hydrogen-bond acceptors (Lipinski definition) is 4. The Morgan fingerprint density at radius 2 is 0.980 bits per heavy atom. The molecule has 2 aromatic heterocycles. The molecular weight excluding hydrogens is 617 g/mol. The van der Waals surface area contributed by atoms with Gasteiger partial charge in [-0.1, -0.05) is 152 Å². The van der Waals surface area contributed by atoms with Gasteiger partial charge in [-0.05, 0) is 46.2 Å². The smallest absolute Gasteiger partial charge is 0.139 e. The summed E-state index contributed by atoms with van der Waals surface area (Å²) in [4.78, 5) is 5.19. The molecule has 5 aromatic carbocycles. The fraction of sp³-hybridized carbons (Fsp3) is 0.156. The van der Waals surface area contributed by atoms with Gasteiger partial charge in [0.1, 0.15) is 11.5 Å². The van der Waals surface area contributed by atoms with Gasteiger partial charge in [0.15, 0.2) is 0 Å². The Balaban J connectivity index is 1.39. The van der Waals surface area contributed by atoms with E-state index in [4.69, 9.17) is 4.42 Å². The molecule has 244 valence electrons. The summed E-state index contributed by atoms with van der Waals surface area (Å²) in [5.74, 6) is 1.94. The average Bonchev–Trinajstić information content (AvgIpc) is 3.79. The van der Waals surface area contributed by atoms with Crippen LogP contribution in [0.3, 0.4) is 0 Å². The highest BCUT2D eigenvalue weighted by Crippen LogP contribution is 2.42. The van der Waals surface area contributed by atoms with Crippen LogP contribution in [0.4, 0.5) is 0 Å². The number of benzene rings is 5. The zero-order valence-electron chi connectivity index (χ0n) is 28.0. The number of hydrogen-bond donors (Lipinski definition) is 0. The number of nitrogens with zero attached hydrogens (tertiary/aromatic N) is 2. The lowest BCUT2D eigenvalue weighted by Gasteiger charge is -2.34. The van der Waals surface area contributed by atoms with E-state index in [0.29, 0.717) is 0 Å². The van der Waals surface area contributed by atoms with Crippen molar-refractivity contribution >= 4 is 11.3 Å². The van der Waals surface area contributed by atoms with Crippen molar-refractivity contribution in [3.63, 3.8) is 0 Å². The molecule has 0 saturated carbocycles. The van der Waals surface area contributed by atoms with Crippen LogP contribution in [-0.2, 0) is 32.7 Å². The molecule has 0 amide bonds. The lowest BCUT2D eigenvalue weighted by Crippen LogP contribution is -2.31. The number of rotatable bonds is 14. The van der Waals surface area contributed by atoms with Crippen LogP contribution >= 0.6 is 11.3 Å². The van der Waals surface area contributed by atoms with Crippen LogP contribution in [0.2, 0.25) is 0 Å². The maximum absolute atomic E-state index is 6.90. The van der Waals surface area contributed by atoms with Gasteiger partial charge in [0.25, 0.3) is 0 Å². The molecule has 0 aliphatic rings. The summed E-state index contributed by atoms with van der Waals surface area (Å²) in [5, 5.41) is 4.36. The Kier molecular flexibility index (Phi) is 10.6. The van der Waals surface area contributed by atoms with Crippen LogP contribution < -0.4 is 0 Å². The first-order valence-corrected chi connectivity index (χ1v) is 18.0. The molecule has 0 saturated heterocycles. The summed E-state index contributed by atoms with van der Waals surface area (Å²) in [6.45, 7) is 6.16. The minimum absolute atomic E-state index is 0.0388. The lowest BCUT2D eigenvalue weighted by atomic mass is 9.91. The highest BCUT2D eigenvalue weighted by atomic mass is 32.1. The molecule has 0 spiro atoms. The van der Waals surface area contributed by atoms with Gasteiger partial charge in [-0.3, -0.25) is 9.80 Å². The third-order valence-electron chi connectivity index (χ3n) is 9.11. The van der Waals surface area contributed by atoms with Crippen molar-refractivity contribution in [2.75, 3.05) is 0 Å². The standard InChI is InChI=1S/C45H42N2OS/c1-35-43(44(40-25-15-6-16-26-40)47(31-38-21-11-4-12-22-38)32-39-23-13-5-14-24-39)42(45(48-35)41-27-28-49-34-41)33-46(29-36-17-7-2-8-18-36)30-37-19-9-3-10-20-37/h2-28,34,44H,29-33H2,1H3. The SMILES string of the molecule is Cc1oc(-c2ccsc2)c(CN(Cc2ccccc2)Cc2ccccc2)c1C(c1ccccc1)N(Cc1ccccc1)Cc1ccccc1. The highest BCUT2D eigenvalue weighted by molar-refractivity contribution is 7.08. The zero-order chi connectivity index (χ0) is 33.3. The second kappa shape index (κ2) is 15.9. The van der Waals surface area contributed by atoms with Crippen molar-refractivity contribution in [2.24, 2.45) is 0 Å². The normalized spacial score (nSPS) is 12.1. The van der Waals surface area contributed by atoms with E-state index in [1.807, 2.05) is 0 Å². The summed E-state index contributed by atoms with van der Waals surface area (Å²) in [5.41, 5.74) is 10.1. The van der Waals surface area contributed by atoms with E-state index >= 15 is 0 Å². The second-order valence-corrected chi connectivity index (χ2v) is 13.5. The molecule has 1 unspecified atom stereocenters. The fourth-order valence-electron chi connectivity index (χ4n) is 6.89. The maximum atomic E-state index is 6.90. The molecule has 0 N–H and O–H groups in total. The average molecular weight is 659 g/mol. The van der Waals surface area contributed by atoms with E-state index in [1.165, 1.54) is 38.9 Å². The quantitative estimate of drug-likeness (QED) is 0.116. The molecule has 2 heterocycles. The Hall–Kier alpha value is -5.00. The van der Waals surface area contributed by atoms with Gasteiger partial charge in [0, 0.05) is 54.8 Å². The van der Waals surface area contributed by atoms with Crippen molar-refractivity contribution in [3.05, 3.63) is 213 Å². The fourth-order valence-corrected chi connectivity index (χ4v) is 7.53. The van der Waals surface area contributed by atoms with Crippen molar-refractivity contribution in [2.45, 2.75) is 45.7 Å². The van der Waals surface area contributed by atoms with Crippen molar-refractivity contribution in [3.8, 4) is 11.3 Å². The van der Waals surface area contributed by atoms with E-state index in [9.17, 15) is 0 Å². The molecular formula is C45H42N2OS. The van der Waals surface area contributed by atoms with Crippen molar-refractivity contribution in [1.82, 2.24) is 9.80 Å². The van der Waals surface area contributed by atoms with Gasteiger partial charge in [-0.15, -0.1) is 0 Å². The first-order chi connectivity index (χ1) is 24.2. The Bertz CT molecular complexity index is 1910. The van der Waals surface area contributed by atoms with E-state index < -0.39 is 0 Å². The predicted molar refractivity (Wildman–Crippen MR) is 203 cm³/mol. The highest BCUT2D eigenvalue weighted by Gasteiger charge is 2.32. The number of aryl methyl sites for hydroxylation is 1. The third-order valence-corrected chi connectivity index (χ3v) is 9.79. The minimum atomic E-state index is -0.0388. The van der Waals surface area contributed by atoms with Crippen LogP contribution in [0, 0.1) is 6.92 Å². The Morgan fingerprint density at radius 3 is 1.43 bits per heavy atom. The zero-order valence-corrected chi connectivity index (χ0v) is 28.8. The first kappa shape index (κ1) is 32.5. The topological polar surface area (TPSA) is 19.6 Å². The summed E-state index contributed by atoms with van der Waals surface area (Å²) >= 11 is 1.71. The molecule has 3 nitrogen and oxygen atoms in total. The molecule has 49 heavy (non-hydrogen) atoms. The molecule has 7 aromatic rings. The van der Waals surface area contributed by atoms with Crippen molar-refractivity contribution in [1.29, 1.82) is 0 Å². The van der Waals surface area contributed by atoms with E-state index in [-0.39, 0.29) is 6.04 Å². The second-order valence-electron chi connectivity index (χ2n) is 12.7. The van der Waals surface area contributed by atoms with Crippen LogP contribution in [0.5, 0.6) is 0 Å². The molecule has 0 fully saturated rings. The summed E-state index contributed by atoms with van der Waals surface area (Å²) in [6, 6.07) is 56.5. The van der Waals surface area contributed by atoms with Gasteiger partial charge in [0.05, 0.1) is 6.04 Å². The van der Waals surface area contributed by atoms with Crippen LogP contribution in [0.1, 0.15) is 50.7 Å². The van der Waals surface area contributed by atoms with Gasteiger partial charge in [-0.2, -0.15) is 11.3 Å². The van der Waals surface area contributed by atoms with E-state index in [0.717, 1.165) is 49.8 Å². The van der Waals surface area contributed by atoms with Crippen LogP contribution in [-0.4, -0.2) is 9.80 Å². The minimum Gasteiger partial charge on any atom is -0.461 e. The molecule has 0 bridgehead atoms. The lowest BCUT2D eigenvalue weighted by molar-refractivity contribution is 0.201. The monoisotopic (exact) mass is 658 g/mol. The molecule has 0 aliphatic carbocycles. The Morgan fingerprint density at radius 1 is 0.531 bits per heavy atom.